The van der Waals surface area contributed by atoms with Gasteiger partial charge in [-0.15, -0.1) is 0 Å². The highest BCUT2D eigenvalue weighted by atomic mass is 16.5. The minimum absolute atomic E-state index is 0.600. The topological polar surface area (TPSA) is 48.0 Å². The second-order valence-corrected chi connectivity index (χ2v) is 2.67. The maximum Gasteiger partial charge on any atom is 0.286 e. The molecule has 0 aliphatic carbocycles. The van der Waals surface area contributed by atoms with E-state index < -0.39 is 0 Å². The maximum absolute atomic E-state index is 11.2. The van der Waals surface area contributed by atoms with Gasteiger partial charge in [-0.25, -0.2) is 0 Å². The van der Waals surface area contributed by atoms with Crippen LogP contribution in [0.1, 0.15) is 0 Å². The van der Waals surface area contributed by atoms with Gasteiger partial charge in [0.05, 0.1) is 17.7 Å². The van der Waals surface area contributed by atoms with Crippen LogP contribution >= 0.6 is 0 Å². The number of fused-ring (bicyclic) bond motifs is 1. The van der Waals surface area contributed by atoms with Crippen LogP contribution in [0, 0.1) is 4.91 Å². The van der Waals surface area contributed by atoms with E-state index in [0.29, 0.717) is 5.52 Å². The van der Waals surface area contributed by atoms with Crippen molar-refractivity contribution in [1.29, 1.82) is 0 Å². The summed E-state index contributed by atoms with van der Waals surface area (Å²) in [7, 11) is 1.59. The van der Waals surface area contributed by atoms with Crippen LogP contribution in [0.15, 0.2) is 30.6 Å². The van der Waals surface area contributed by atoms with Gasteiger partial charge < -0.3 is 9.72 Å². The molecule has 66 valence electrons. The molecular formula is C9H9N2O2+. The third kappa shape index (κ3) is 1.26. The summed E-state index contributed by atoms with van der Waals surface area (Å²) >= 11 is 0. The summed E-state index contributed by atoms with van der Waals surface area (Å²) in [5, 5.41) is 0. The molecule has 1 N–H and O–H groups in total. The molecule has 4 nitrogen and oxygen atoms in total. The van der Waals surface area contributed by atoms with Crippen molar-refractivity contribution in [2.75, 3.05) is 7.11 Å². The smallest absolute Gasteiger partial charge is 0.286 e. The van der Waals surface area contributed by atoms with E-state index in [9.17, 15) is 4.91 Å². The molecule has 0 unspecified atom stereocenters. The zero-order valence-corrected chi connectivity index (χ0v) is 7.15. The van der Waals surface area contributed by atoms with Gasteiger partial charge >= 0.3 is 0 Å². The molecule has 0 saturated heterocycles. The van der Waals surface area contributed by atoms with Crippen LogP contribution in [0.2, 0.25) is 0 Å². The first-order chi connectivity index (χ1) is 6.31. The van der Waals surface area contributed by atoms with Crippen molar-refractivity contribution in [2.24, 2.45) is 0 Å². The minimum atomic E-state index is 0.600. The number of aromatic amines is 1. The third-order valence-electron chi connectivity index (χ3n) is 1.89. The molecule has 0 bridgehead atoms. The molecule has 1 aromatic heterocycles. The van der Waals surface area contributed by atoms with Crippen molar-refractivity contribution in [1.82, 2.24) is 4.98 Å². The lowest BCUT2D eigenvalue weighted by Crippen LogP contribution is -2.13. The van der Waals surface area contributed by atoms with Gasteiger partial charge in [-0.3, -0.25) is 0 Å². The van der Waals surface area contributed by atoms with Crippen LogP contribution in [0.3, 0.4) is 0 Å². The van der Waals surface area contributed by atoms with E-state index in [4.69, 9.17) is 4.74 Å². The van der Waals surface area contributed by atoms with Crippen molar-refractivity contribution in [2.45, 2.75) is 0 Å². The Hall–Kier alpha value is -1.84. The average Bonchev–Trinajstić information content (AvgIpc) is 2.18. The van der Waals surface area contributed by atoms with Gasteiger partial charge in [0, 0.05) is 17.0 Å². The fourth-order valence-corrected chi connectivity index (χ4v) is 1.22. The molecule has 2 rings (SSSR count). The molecule has 0 aliphatic heterocycles. The third-order valence-corrected chi connectivity index (χ3v) is 1.89. The first kappa shape index (κ1) is 7.79. The number of hydrogen-bond donors (Lipinski definition) is 1. The normalized spacial score (nSPS) is 10.2. The molecule has 1 heterocycles. The Labute approximate surface area is 74.4 Å². The van der Waals surface area contributed by atoms with E-state index in [-0.39, 0.29) is 0 Å². The lowest BCUT2D eigenvalue weighted by molar-refractivity contribution is -0.464. The Morgan fingerprint density at radius 2 is 2.31 bits per heavy atom. The molecule has 0 fully saturated rings. The lowest BCUT2D eigenvalue weighted by atomic mass is 10.3. The summed E-state index contributed by atoms with van der Waals surface area (Å²) < 4.78 is 5.84. The van der Waals surface area contributed by atoms with Crippen molar-refractivity contribution in [3.8, 4) is 5.75 Å². The summed E-state index contributed by atoms with van der Waals surface area (Å²) in [5.41, 5.74) is 1.36. The molecule has 0 saturated carbocycles. The Bertz CT molecular complexity index is 490. The van der Waals surface area contributed by atoms with Crippen LogP contribution in [0.4, 0.5) is 0 Å². The second-order valence-electron chi connectivity index (χ2n) is 2.67. The number of benzene rings is 1. The van der Waals surface area contributed by atoms with Gasteiger partial charge in [0.2, 0.25) is 6.20 Å². The van der Waals surface area contributed by atoms with Gasteiger partial charge in [0.1, 0.15) is 11.3 Å². The van der Waals surface area contributed by atoms with Gasteiger partial charge in [-0.05, 0) is 6.07 Å². The molecule has 0 atom stereocenters. The predicted molar refractivity (Wildman–Crippen MR) is 48.2 cm³/mol. The maximum atomic E-state index is 11.2. The zero-order chi connectivity index (χ0) is 9.26. The molecule has 4 heteroatoms. The Morgan fingerprint density at radius 3 is 3.08 bits per heavy atom. The molecule has 0 radical (unpaired) electrons. The quantitative estimate of drug-likeness (QED) is 0.663. The number of aromatic nitrogens is 2. The Kier molecular flexibility index (Phi) is 1.73. The first-order valence-corrected chi connectivity index (χ1v) is 3.89. The van der Waals surface area contributed by atoms with Gasteiger partial charge in [0.15, 0.2) is 0 Å². The van der Waals surface area contributed by atoms with E-state index in [0.717, 1.165) is 15.7 Å². The molecular weight excluding hydrogens is 168 g/mol. The second kappa shape index (κ2) is 2.90. The first-order valence-electron chi connectivity index (χ1n) is 3.89. The molecule has 0 aliphatic rings. The van der Waals surface area contributed by atoms with Gasteiger partial charge in [0.25, 0.3) is 5.52 Å². The summed E-state index contributed by atoms with van der Waals surface area (Å²) in [4.78, 5) is 14.2. The molecule has 0 amide bonds. The van der Waals surface area contributed by atoms with E-state index in [1.807, 2.05) is 0 Å². The average molecular weight is 177 g/mol. The van der Waals surface area contributed by atoms with Gasteiger partial charge in [-0.1, -0.05) is 0 Å². The van der Waals surface area contributed by atoms with Crippen LogP contribution < -0.4 is 9.16 Å². The van der Waals surface area contributed by atoms with Crippen LogP contribution in [-0.4, -0.2) is 12.1 Å². The van der Waals surface area contributed by atoms with Crippen molar-refractivity contribution < 1.29 is 9.16 Å². The highest BCUT2D eigenvalue weighted by molar-refractivity contribution is 5.72. The lowest BCUT2D eigenvalue weighted by Gasteiger charge is -1.97. The predicted octanol–water partition coefficient (Wildman–Crippen LogP) is 1.09. The highest BCUT2D eigenvalue weighted by Crippen LogP contribution is 2.14. The van der Waals surface area contributed by atoms with E-state index >= 15 is 0 Å². The summed E-state index contributed by atoms with van der Waals surface area (Å²) in [6.45, 7) is 0. The molecule has 13 heavy (non-hydrogen) atoms. The van der Waals surface area contributed by atoms with Crippen molar-refractivity contribution in [3.63, 3.8) is 0 Å². The summed E-state index contributed by atoms with van der Waals surface area (Å²) in [6, 6.07) is 5.26. The fraction of sp³-hybridized carbons (Fsp3) is 0.111. The number of hydrogen-bond acceptors (Lipinski definition) is 2. The number of ether oxygens (including phenoxy) is 1. The fourth-order valence-electron chi connectivity index (χ4n) is 1.22. The van der Waals surface area contributed by atoms with Crippen molar-refractivity contribution in [3.05, 3.63) is 35.5 Å². The molecule has 1 aromatic carbocycles. The van der Waals surface area contributed by atoms with Crippen LogP contribution in [0.25, 0.3) is 11.0 Å². The van der Waals surface area contributed by atoms with Crippen LogP contribution in [-0.2, 0) is 0 Å². The number of rotatable bonds is 1. The largest absolute Gasteiger partial charge is 0.497 e. The highest BCUT2D eigenvalue weighted by Gasteiger charge is 2.05. The SMILES string of the molecule is COc1ccc2c(c1)[nH]cc[n+]2=O. The van der Waals surface area contributed by atoms with E-state index in [1.165, 1.54) is 6.20 Å². The summed E-state index contributed by atoms with van der Waals surface area (Å²) in [6.07, 6.45) is 3.02. The van der Waals surface area contributed by atoms with Gasteiger partial charge in [-0.2, -0.15) is 0 Å². The molecule has 0 spiro atoms. The standard InChI is InChI=1S/C9H9N2O2/c1-13-7-2-3-9-8(6-7)10-4-5-11(9)12/h2-6H,1H3,(H,10,12)/q+1. The van der Waals surface area contributed by atoms with E-state index in [1.54, 1.807) is 31.5 Å². The van der Waals surface area contributed by atoms with E-state index in [2.05, 4.69) is 4.98 Å². The number of nitrogens with zero attached hydrogens (tertiary/aromatic N) is 1. The number of H-pyrrole nitrogens is 1. The number of methoxy groups -OCH3 is 1. The zero-order valence-electron chi connectivity index (χ0n) is 7.15. The monoisotopic (exact) mass is 177 g/mol. The molecule has 2 aromatic rings. The Morgan fingerprint density at radius 1 is 1.46 bits per heavy atom. The number of nitrogens with one attached hydrogen (secondary N) is 1. The van der Waals surface area contributed by atoms with Crippen molar-refractivity contribution >= 4 is 11.0 Å². The summed E-state index contributed by atoms with van der Waals surface area (Å²) in [5.74, 6) is 0.731. The van der Waals surface area contributed by atoms with Crippen LogP contribution in [0.5, 0.6) is 5.75 Å². The minimum Gasteiger partial charge on any atom is -0.497 e. The Balaban J connectivity index is 2.80.